The third-order valence-corrected chi connectivity index (χ3v) is 3.51. The Labute approximate surface area is 120 Å². The molecule has 0 aliphatic heterocycles. The topological polar surface area (TPSA) is 61.7 Å². The van der Waals surface area contributed by atoms with Gasteiger partial charge >= 0.3 is 6.36 Å². The lowest BCUT2D eigenvalue weighted by molar-refractivity contribution is -0.274. The first-order valence-corrected chi connectivity index (χ1v) is 6.76. The van der Waals surface area contributed by atoms with Crippen LogP contribution in [0.25, 0.3) is 0 Å². The van der Waals surface area contributed by atoms with E-state index < -0.39 is 12.1 Å². The zero-order chi connectivity index (χ0) is 15.5. The summed E-state index contributed by atoms with van der Waals surface area (Å²) in [6.07, 6.45) is -2.87. The Balaban J connectivity index is 1.85. The lowest BCUT2D eigenvalue weighted by Gasteiger charge is -2.32. The maximum absolute atomic E-state index is 12.1. The second-order valence-corrected chi connectivity index (χ2v) is 5.33. The minimum absolute atomic E-state index is 0.129. The van der Waals surface area contributed by atoms with Gasteiger partial charge in [-0.1, -0.05) is 12.1 Å². The Kier molecular flexibility index (Phi) is 4.75. The fourth-order valence-corrected chi connectivity index (χ4v) is 2.40. The van der Waals surface area contributed by atoms with Gasteiger partial charge in [-0.15, -0.1) is 13.2 Å². The highest BCUT2D eigenvalue weighted by Crippen LogP contribution is 2.26. The van der Waals surface area contributed by atoms with Crippen LogP contribution >= 0.6 is 0 Å². The summed E-state index contributed by atoms with van der Waals surface area (Å²) in [4.78, 5) is 0. The molecule has 1 fully saturated rings. The van der Waals surface area contributed by atoms with Crippen molar-refractivity contribution in [3.05, 3.63) is 29.8 Å². The molecule has 118 valence electrons. The average molecular weight is 305 g/mol. The number of alkyl halides is 3. The molecular weight excluding hydrogens is 287 g/mol. The average Bonchev–Trinajstić information content (AvgIpc) is 2.36. The largest absolute Gasteiger partial charge is 0.573 e. The fourth-order valence-electron chi connectivity index (χ4n) is 2.40. The molecule has 21 heavy (non-hydrogen) atoms. The van der Waals surface area contributed by atoms with Gasteiger partial charge in [0.05, 0.1) is 0 Å². The molecule has 2 rings (SSSR count). The van der Waals surface area contributed by atoms with Gasteiger partial charge in [-0.05, 0) is 30.5 Å². The molecule has 0 unspecified atom stereocenters. The van der Waals surface area contributed by atoms with E-state index in [0.29, 0.717) is 37.8 Å². The summed E-state index contributed by atoms with van der Waals surface area (Å²) in [6.45, 7) is 0.406. The molecule has 1 saturated carbocycles. The van der Waals surface area contributed by atoms with Crippen molar-refractivity contribution in [1.29, 1.82) is 0 Å². The van der Waals surface area contributed by atoms with E-state index in [2.05, 4.69) is 10.1 Å². The zero-order valence-corrected chi connectivity index (χ0v) is 11.4. The maximum atomic E-state index is 12.1. The molecular formula is C14H18F3NO3. The van der Waals surface area contributed by atoms with Crippen molar-refractivity contribution in [3.63, 3.8) is 0 Å². The van der Waals surface area contributed by atoms with Crippen LogP contribution in [0.3, 0.4) is 0 Å². The molecule has 0 atom stereocenters. The Hall–Kier alpha value is -1.31. The van der Waals surface area contributed by atoms with E-state index in [1.54, 1.807) is 6.07 Å². The van der Waals surface area contributed by atoms with Crippen molar-refractivity contribution >= 4 is 0 Å². The predicted octanol–water partition coefficient (Wildman–Crippen LogP) is 2.30. The van der Waals surface area contributed by atoms with E-state index in [1.807, 2.05) is 0 Å². The quantitative estimate of drug-likeness (QED) is 0.747. The fraction of sp³-hybridized carbons (Fsp3) is 0.571. The van der Waals surface area contributed by atoms with Gasteiger partial charge in [-0.3, -0.25) is 0 Å². The molecule has 1 aliphatic rings. The monoisotopic (exact) mass is 305 g/mol. The third-order valence-electron chi connectivity index (χ3n) is 3.51. The standard InChI is InChI=1S/C14H18F3NO3/c15-14(16,17)21-12-3-1-2-10(8-12)9-18-11-4-6-13(19,20)7-5-11/h1-3,8,11,18-20H,4-7,9H2. The van der Waals surface area contributed by atoms with E-state index >= 15 is 0 Å². The van der Waals surface area contributed by atoms with Crippen LogP contribution in [0.15, 0.2) is 24.3 Å². The number of aliphatic hydroxyl groups is 2. The SMILES string of the molecule is OC1(O)CCC(NCc2cccc(OC(F)(F)F)c2)CC1. The van der Waals surface area contributed by atoms with Crippen LogP contribution < -0.4 is 10.1 Å². The summed E-state index contributed by atoms with van der Waals surface area (Å²) in [5, 5.41) is 22.1. The van der Waals surface area contributed by atoms with E-state index in [0.717, 1.165) is 0 Å². The molecule has 0 bridgehead atoms. The molecule has 0 amide bonds. The summed E-state index contributed by atoms with van der Waals surface area (Å²) < 4.78 is 40.3. The maximum Gasteiger partial charge on any atom is 0.573 e. The first-order valence-electron chi connectivity index (χ1n) is 6.76. The van der Waals surface area contributed by atoms with Gasteiger partial charge < -0.3 is 20.3 Å². The molecule has 3 N–H and O–H groups in total. The van der Waals surface area contributed by atoms with Crippen molar-refractivity contribution in [2.24, 2.45) is 0 Å². The van der Waals surface area contributed by atoms with Gasteiger partial charge in [-0.2, -0.15) is 0 Å². The van der Waals surface area contributed by atoms with Gasteiger partial charge in [0.1, 0.15) is 5.75 Å². The molecule has 0 saturated heterocycles. The highest BCUT2D eigenvalue weighted by molar-refractivity contribution is 5.28. The lowest BCUT2D eigenvalue weighted by Crippen LogP contribution is -2.40. The first-order chi connectivity index (χ1) is 9.73. The third kappa shape index (κ3) is 5.53. The summed E-state index contributed by atoms with van der Waals surface area (Å²) in [5.41, 5.74) is 0.682. The molecule has 0 radical (unpaired) electrons. The van der Waals surface area contributed by atoms with Crippen molar-refractivity contribution < 1.29 is 28.1 Å². The first kappa shape index (κ1) is 16.1. The summed E-state index contributed by atoms with van der Waals surface area (Å²) in [5.74, 6) is -1.83. The van der Waals surface area contributed by atoms with Crippen molar-refractivity contribution in [2.45, 2.75) is 50.4 Å². The van der Waals surface area contributed by atoms with Gasteiger partial charge in [-0.25, -0.2) is 0 Å². The van der Waals surface area contributed by atoms with Crippen LogP contribution in [0.5, 0.6) is 5.75 Å². The van der Waals surface area contributed by atoms with E-state index in [9.17, 15) is 23.4 Å². The van der Waals surface area contributed by atoms with E-state index in [4.69, 9.17) is 0 Å². The number of rotatable bonds is 4. The molecule has 1 aromatic carbocycles. The van der Waals surface area contributed by atoms with Gasteiger partial charge in [0.25, 0.3) is 0 Å². The van der Waals surface area contributed by atoms with Crippen LogP contribution in [-0.2, 0) is 6.54 Å². The number of halogens is 3. The Morgan fingerprint density at radius 2 is 1.90 bits per heavy atom. The number of hydrogen-bond acceptors (Lipinski definition) is 4. The van der Waals surface area contributed by atoms with E-state index in [-0.39, 0.29) is 11.8 Å². The molecule has 7 heteroatoms. The second kappa shape index (κ2) is 6.21. The summed E-state index contributed by atoms with van der Waals surface area (Å²) >= 11 is 0. The normalized spacial score (nSPS) is 19.5. The van der Waals surface area contributed by atoms with Crippen LogP contribution in [0.4, 0.5) is 13.2 Å². The molecule has 4 nitrogen and oxygen atoms in total. The Bertz CT molecular complexity index is 467. The zero-order valence-electron chi connectivity index (χ0n) is 11.4. The molecule has 1 aromatic rings. The van der Waals surface area contributed by atoms with Crippen molar-refractivity contribution in [3.8, 4) is 5.75 Å². The number of benzene rings is 1. The Morgan fingerprint density at radius 3 is 2.52 bits per heavy atom. The Morgan fingerprint density at radius 1 is 1.24 bits per heavy atom. The van der Waals surface area contributed by atoms with Crippen molar-refractivity contribution in [1.82, 2.24) is 5.32 Å². The number of hydrogen-bond donors (Lipinski definition) is 3. The number of nitrogens with one attached hydrogen (secondary N) is 1. The molecule has 1 aliphatic carbocycles. The van der Waals surface area contributed by atoms with Crippen molar-refractivity contribution in [2.75, 3.05) is 0 Å². The van der Waals surface area contributed by atoms with Gasteiger partial charge in [0.15, 0.2) is 5.79 Å². The van der Waals surface area contributed by atoms with Crippen LogP contribution in [0.1, 0.15) is 31.2 Å². The summed E-state index contributed by atoms with van der Waals surface area (Å²) in [6, 6.07) is 5.94. The lowest BCUT2D eigenvalue weighted by atomic mass is 9.90. The molecule has 0 aromatic heterocycles. The predicted molar refractivity (Wildman–Crippen MR) is 69.4 cm³/mol. The molecule has 0 spiro atoms. The molecule has 0 heterocycles. The highest BCUT2D eigenvalue weighted by atomic mass is 19.4. The highest BCUT2D eigenvalue weighted by Gasteiger charge is 2.31. The van der Waals surface area contributed by atoms with Crippen LogP contribution in [0, 0.1) is 0 Å². The summed E-state index contributed by atoms with van der Waals surface area (Å²) in [7, 11) is 0. The van der Waals surface area contributed by atoms with Crippen LogP contribution in [0.2, 0.25) is 0 Å². The van der Waals surface area contributed by atoms with E-state index in [1.165, 1.54) is 18.2 Å². The van der Waals surface area contributed by atoms with Gasteiger partial charge in [0.2, 0.25) is 0 Å². The van der Waals surface area contributed by atoms with Gasteiger partial charge in [0, 0.05) is 25.4 Å². The minimum atomic E-state index is -4.69. The second-order valence-electron chi connectivity index (χ2n) is 5.33. The van der Waals surface area contributed by atoms with Crippen LogP contribution in [-0.4, -0.2) is 28.4 Å². The smallest absolute Gasteiger partial charge is 0.406 e. The number of ether oxygens (including phenoxy) is 1. The minimum Gasteiger partial charge on any atom is -0.406 e.